The molecule has 34 heavy (non-hydrogen) atoms. The summed E-state index contributed by atoms with van der Waals surface area (Å²) in [6, 6.07) is 8.46. The number of amides is 2. The van der Waals surface area contributed by atoms with Crippen LogP contribution in [0.15, 0.2) is 40.8 Å². The Labute approximate surface area is 197 Å². The summed E-state index contributed by atoms with van der Waals surface area (Å²) in [6.45, 7) is 4.87. The lowest BCUT2D eigenvalue weighted by molar-refractivity contribution is -0.384. The number of thiophene rings is 1. The van der Waals surface area contributed by atoms with Gasteiger partial charge in [0, 0.05) is 12.1 Å². The number of esters is 1. The van der Waals surface area contributed by atoms with Gasteiger partial charge >= 0.3 is 5.97 Å². The van der Waals surface area contributed by atoms with Crippen LogP contribution in [0.1, 0.15) is 55.8 Å². The number of nitro groups is 1. The minimum Gasteiger partial charge on any atom is -0.486 e. The molecule has 0 unspecified atom stereocenters. The maximum atomic E-state index is 12.7. The third kappa shape index (κ3) is 5.59. The topological polar surface area (TPSA) is 164 Å². The first kappa shape index (κ1) is 24.5. The second-order valence-corrected chi connectivity index (χ2v) is 8.36. The average molecular weight is 487 g/mol. The number of furan rings is 1. The molecule has 11 nitrogen and oxygen atoms in total. The highest BCUT2D eigenvalue weighted by molar-refractivity contribution is 7.18. The van der Waals surface area contributed by atoms with Gasteiger partial charge in [0.15, 0.2) is 5.76 Å². The van der Waals surface area contributed by atoms with Crippen molar-refractivity contribution >= 4 is 39.8 Å². The van der Waals surface area contributed by atoms with Gasteiger partial charge < -0.3 is 24.9 Å². The fourth-order valence-electron chi connectivity index (χ4n) is 2.92. The molecular weight excluding hydrogens is 466 g/mol. The maximum absolute atomic E-state index is 12.7. The van der Waals surface area contributed by atoms with Crippen LogP contribution in [0.3, 0.4) is 0 Å². The summed E-state index contributed by atoms with van der Waals surface area (Å²) in [6.07, 6.45) is -0.407. The molecule has 0 radical (unpaired) electrons. The highest BCUT2D eigenvalue weighted by Gasteiger charge is 2.27. The highest BCUT2D eigenvalue weighted by Crippen LogP contribution is 2.34. The number of anilines is 1. The van der Waals surface area contributed by atoms with E-state index in [2.05, 4.69) is 5.32 Å². The van der Waals surface area contributed by atoms with Gasteiger partial charge in [0.25, 0.3) is 17.5 Å². The molecule has 0 saturated heterocycles. The molecule has 12 heteroatoms. The number of benzene rings is 1. The quantitative estimate of drug-likeness (QED) is 0.259. The Morgan fingerprint density at radius 1 is 1.18 bits per heavy atom. The van der Waals surface area contributed by atoms with Crippen LogP contribution in [0.25, 0.3) is 0 Å². The third-order valence-corrected chi connectivity index (χ3v) is 5.68. The van der Waals surface area contributed by atoms with E-state index in [-0.39, 0.29) is 33.5 Å². The van der Waals surface area contributed by atoms with Crippen molar-refractivity contribution in [3.63, 3.8) is 0 Å². The minimum absolute atomic E-state index is 0.0268. The zero-order valence-electron chi connectivity index (χ0n) is 18.4. The fraction of sp³-hybridized carbons (Fsp3) is 0.227. The molecule has 1 aromatic carbocycles. The monoisotopic (exact) mass is 487 g/mol. The lowest BCUT2D eigenvalue weighted by atomic mass is 10.1. The summed E-state index contributed by atoms with van der Waals surface area (Å²) in [5.41, 5.74) is 5.69. The van der Waals surface area contributed by atoms with Crippen molar-refractivity contribution in [3.8, 4) is 5.75 Å². The van der Waals surface area contributed by atoms with Crippen molar-refractivity contribution in [1.29, 1.82) is 0 Å². The largest absolute Gasteiger partial charge is 0.486 e. The van der Waals surface area contributed by atoms with Gasteiger partial charge in [0.2, 0.25) is 0 Å². The van der Waals surface area contributed by atoms with Gasteiger partial charge in [0.05, 0.1) is 21.5 Å². The van der Waals surface area contributed by atoms with E-state index in [1.54, 1.807) is 20.8 Å². The number of nitrogens with zero attached hydrogens (tertiary/aromatic N) is 1. The molecule has 2 heterocycles. The van der Waals surface area contributed by atoms with Crippen LogP contribution in [0.5, 0.6) is 5.75 Å². The predicted molar refractivity (Wildman–Crippen MR) is 122 cm³/mol. The van der Waals surface area contributed by atoms with Gasteiger partial charge in [-0.2, -0.15) is 0 Å². The molecule has 3 aromatic rings. The summed E-state index contributed by atoms with van der Waals surface area (Å²) in [4.78, 5) is 47.3. The maximum Gasteiger partial charge on any atom is 0.341 e. The van der Waals surface area contributed by atoms with Crippen LogP contribution in [0.2, 0.25) is 0 Å². The van der Waals surface area contributed by atoms with E-state index in [1.807, 2.05) is 0 Å². The molecule has 0 aliphatic rings. The summed E-state index contributed by atoms with van der Waals surface area (Å²) >= 11 is 0.868. The number of nitrogens with two attached hydrogens (primary N) is 1. The number of nitrogens with one attached hydrogen (secondary N) is 1. The van der Waals surface area contributed by atoms with E-state index in [9.17, 15) is 24.5 Å². The molecule has 0 bridgehead atoms. The van der Waals surface area contributed by atoms with Crippen LogP contribution in [0, 0.1) is 17.0 Å². The number of carbonyl (C=O) groups is 3. The zero-order valence-corrected chi connectivity index (χ0v) is 19.3. The number of hydrogen-bond donors (Lipinski definition) is 2. The first-order chi connectivity index (χ1) is 16.1. The normalized spacial score (nSPS) is 10.7. The van der Waals surface area contributed by atoms with E-state index in [0.717, 1.165) is 11.3 Å². The standard InChI is InChI=1S/C22H21N3O8S/c1-11(2)32-22(28)17-12(3)18(19(23)26)34-21(17)24-20(27)16-9-8-15(33-16)10-31-14-6-4-13(5-7-14)25(29)30/h4-9,11H,10H2,1-3H3,(H2,23,26)(H,24,27). The molecule has 0 fully saturated rings. The van der Waals surface area contributed by atoms with Gasteiger partial charge in [-0.15, -0.1) is 11.3 Å². The summed E-state index contributed by atoms with van der Waals surface area (Å²) < 4.78 is 16.2. The number of hydrogen-bond acceptors (Lipinski definition) is 9. The van der Waals surface area contributed by atoms with E-state index >= 15 is 0 Å². The molecule has 0 aliphatic carbocycles. The van der Waals surface area contributed by atoms with E-state index in [0.29, 0.717) is 17.1 Å². The SMILES string of the molecule is Cc1c(C(N)=O)sc(NC(=O)c2ccc(COc3ccc([N+](=O)[O-])cc3)o2)c1C(=O)OC(C)C. The zero-order chi connectivity index (χ0) is 25.0. The summed E-state index contributed by atoms with van der Waals surface area (Å²) in [5, 5.41) is 13.4. The first-order valence-electron chi connectivity index (χ1n) is 9.98. The molecule has 0 atom stereocenters. The molecule has 178 valence electrons. The Balaban J connectivity index is 1.72. The van der Waals surface area contributed by atoms with E-state index < -0.39 is 28.8 Å². The van der Waals surface area contributed by atoms with Crippen molar-refractivity contribution in [1.82, 2.24) is 0 Å². The molecule has 0 spiro atoms. The van der Waals surface area contributed by atoms with Gasteiger partial charge in [-0.3, -0.25) is 19.7 Å². The highest BCUT2D eigenvalue weighted by atomic mass is 32.1. The molecule has 2 aromatic heterocycles. The second-order valence-electron chi connectivity index (χ2n) is 7.34. The molecule has 0 aliphatic heterocycles. The van der Waals surface area contributed by atoms with Gasteiger partial charge in [-0.25, -0.2) is 4.79 Å². The molecule has 0 saturated carbocycles. The Kier molecular flexibility index (Phi) is 7.31. The van der Waals surface area contributed by atoms with Gasteiger partial charge in [-0.1, -0.05) is 0 Å². The Morgan fingerprint density at radius 3 is 2.44 bits per heavy atom. The third-order valence-electron chi connectivity index (χ3n) is 4.46. The van der Waals surface area contributed by atoms with Crippen LogP contribution in [0.4, 0.5) is 10.7 Å². The number of rotatable bonds is 9. The molecule has 2 amide bonds. The second kappa shape index (κ2) is 10.2. The van der Waals surface area contributed by atoms with E-state index in [1.165, 1.54) is 36.4 Å². The number of non-ortho nitro benzene ring substituents is 1. The number of ether oxygens (including phenoxy) is 2. The fourth-order valence-corrected chi connectivity index (χ4v) is 3.96. The molecule has 3 N–H and O–H groups in total. The van der Waals surface area contributed by atoms with Crippen LogP contribution >= 0.6 is 11.3 Å². The van der Waals surface area contributed by atoms with E-state index in [4.69, 9.17) is 19.6 Å². The number of primary amides is 1. The summed E-state index contributed by atoms with van der Waals surface area (Å²) in [5.74, 6) is -1.43. The number of carbonyl (C=O) groups excluding carboxylic acids is 3. The van der Waals surface area contributed by atoms with Crippen molar-refractivity contribution in [3.05, 3.63) is 74.0 Å². The van der Waals surface area contributed by atoms with Gasteiger partial charge in [-0.05, 0) is 50.6 Å². The lowest BCUT2D eigenvalue weighted by Crippen LogP contribution is -2.17. The van der Waals surface area contributed by atoms with Crippen molar-refractivity contribution in [2.24, 2.45) is 5.73 Å². The Morgan fingerprint density at radius 2 is 1.85 bits per heavy atom. The average Bonchev–Trinajstić information content (AvgIpc) is 3.36. The first-order valence-corrected chi connectivity index (χ1v) is 10.8. The van der Waals surface area contributed by atoms with Crippen molar-refractivity contribution in [2.45, 2.75) is 33.5 Å². The predicted octanol–water partition coefficient (Wildman–Crippen LogP) is 4.05. The Hall–Kier alpha value is -4.19. The number of nitro benzene ring substituents is 1. The van der Waals surface area contributed by atoms with Crippen LogP contribution < -0.4 is 15.8 Å². The van der Waals surface area contributed by atoms with Crippen LogP contribution in [-0.2, 0) is 11.3 Å². The van der Waals surface area contributed by atoms with Crippen molar-refractivity contribution in [2.75, 3.05) is 5.32 Å². The minimum atomic E-state index is -0.731. The molecule has 3 rings (SSSR count). The smallest absolute Gasteiger partial charge is 0.341 e. The van der Waals surface area contributed by atoms with Gasteiger partial charge in [0.1, 0.15) is 23.1 Å². The Bertz CT molecular complexity index is 1240. The molecular formula is C22H21N3O8S. The van der Waals surface area contributed by atoms with Crippen molar-refractivity contribution < 1.29 is 33.2 Å². The van der Waals surface area contributed by atoms with Crippen LogP contribution in [-0.4, -0.2) is 28.8 Å². The summed E-state index contributed by atoms with van der Waals surface area (Å²) in [7, 11) is 0. The lowest BCUT2D eigenvalue weighted by Gasteiger charge is -2.10.